The molecule has 0 aromatic heterocycles. The molecule has 0 saturated carbocycles. The monoisotopic (exact) mass is 412 g/mol. The third kappa shape index (κ3) is 3.89. The van der Waals surface area contributed by atoms with Gasteiger partial charge in [-0.05, 0) is 29.3 Å². The van der Waals surface area contributed by atoms with Crippen LogP contribution in [0, 0.1) is 0 Å². The lowest BCUT2D eigenvalue weighted by atomic mass is 10.1. The first kappa shape index (κ1) is 20.3. The third-order valence-corrected chi connectivity index (χ3v) is 5.75. The van der Waals surface area contributed by atoms with E-state index in [4.69, 9.17) is 18.9 Å². The number of carbonyl (C=O) groups is 1. The number of piperazine rings is 1. The van der Waals surface area contributed by atoms with Crippen LogP contribution >= 0.6 is 0 Å². The summed E-state index contributed by atoms with van der Waals surface area (Å²) >= 11 is 0. The van der Waals surface area contributed by atoms with Gasteiger partial charge in [0.15, 0.2) is 11.5 Å². The standard InChI is InChI=1S/C23H28N2O5/c1-27-20-7-5-18(21(28-2)22(20)29-3)23(26)25-11-9-24(10-12-25)15-16-4-6-19-17(14-16)8-13-30-19/h4-7,14H,8-13,15H2,1-3H3. The fourth-order valence-corrected chi connectivity index (χ4v) is 4.15. The topological polar surface area (TPSA) is 60.5 Å². The van der Waals surface area contributed by atoms with E-state index in [0.717, 1.165) is 38.4 Å². The molecule has 0 N–H and O–H groups in total. The van der Waals surface area contributed by atoms with Gasteiger partial charge in [-0.3, -0.25) is 9.69 Å². The van der Waals surface area contributed by atoms with E-state index in [1.807, 2.05) is 4.90 Å². The van der Waals surface area contributed by atoms with Crippen LogP contribution < -0.4 is 18.9 Å². The Morgan fingerprint density at radius 3 is 2.43 bits per heavy atom. The molecule has 0 bridgehead atoms. The van der Waals surface area contributed by atoms with Crippen LogP contribution in [0.1, 0.15) is 21.5 Å². The van der Waals surface area contributed by atoms with Crippen LogP contribution in [-0.4, -0.2) is 69.8 Å². The fraction of sp³-hybridized carbons (Fsp3) is 0.435. The molecule has 1 saturated heterocycles. The molecule has 0 unspecified atom stereocenters. The maximum atomic E-state index is 13.2. The number of hydrogen-bond acceptors (Lipinski definition) is 6. The second-order valence-electron chi connectivity index (χ2n) is 7.49. The Hall–Kier alpha value is -2.93. The normalized spacial score (nSPS) is 16.0. The van der Waals surface area contributed by atoms with Crippen molar-refractivity contribution in [3.05, 3.63) is 47.0 Å². The zero-order valence-electron chi connectivity index (χ0n) is 17.8. The third-order valence-electron chi connectivity index (χ3n) is 5.75. The van der Waals surface area contributed by atoms with Gasteiger partial charge >= 0.3 is 0 Å². The van der Waals surface area contributed by atoms with Crippen LogP contribution in [0.5, 0.6) is 23.0 Å². The highest BCUT2D eigenvalue weighted by atomic mass is 16.5. The van der Waals surface area contributed by atoms with Gasteiger partial charge in [0.05, 0.1) is 33.5 Å². The maximum Gasteiger partial charge on any atom is 0.257 e. The Bertz CT molecular complexity index is 922. The van der Waals surface area contributed by atoms with Crippen molar-refractivity contribution in [2.75, 3.05) is 54.1 Å². The van der Waals surface area contributed by atoms with Crippen molar-refractivity contribution >= 4 is 5.91 Å². The van der Waals surface area contributed by atoms with Gasteiger partial charge < -0.3 is 23.8 Å². The molecule has 0 radical (unpaired) electrons. The fourth-order valence-electron chi connectivity index (χ4n) is 4.15. The number of nitrogens with zero attached hydrogens (tertiary/aromatic N) is 2. The molecule has 160 valence electrons. The van der Waals surface area contributed by atoms with Gasteiger partial charge in [-0.25, -0.2) is 0 Å². The lowest BCUT2D eigenvalue weighted by Crippen LogP contribution is -2.48. The number of benzene rings is 2. The summed E-state index contributed by atoms with van der Waals surface area (Å²) in [7, 11) is 4.64. The summed E-state index contributed by atoms with van der Waals surface area (Å²) in [5, 5.41) is 0. The van der Waals surface area contributed by atoms with E-state index in [9.17, 15) is 4.79 Å². The van der Waals surface area contributed by atoms with Crippen molar-refractivity contribution in [2.24, 2.45) is 0 Å². The molecule has 0 aliphatic carbocycles. The van der Waals surface area contributed by atoms with Crippen LogP contribution in [0.15, 0.2) is 30.3 Å². The van der Waals surface area contributed by atoms with Crippen molar-refractivity contribution in [1.82, 2.24) is 9.80 Å². The second kappa shape index (κ2) is 8.83. The van der Waals surface area contributed by atoms with Gasteiger partial charge in [0.1, 0.15) is 5.75 Å². The number of amides is 1. The van der Waals surface area contributed by atoms with Gasteiger partial charge in [-0.15, -0.1) is 0 Å². The largest absolute Gasteiger partial charge is 0.493 e. The van der Waals surface area contributed by atoms with Gasteiger partial charge in [0, 0.05) is 39.1 Å². The first-order valence-corrected chi connectivity index (χ1v) is 10.2. The van der Waals surface area contributed by atoms with Gasteiger partial charge in [-0.2, -0.15) is 0 Å². The highest BCUT2D eigenvalue weighted by molar-refractivity contribution is 5.98. The number of fused-ring (bicyclic) bond motifs is 1. The molecule has 2 aliphatic rings. The molecule has 2 aliphatic heterocycles. The first-order valence-electron chi connectivity index (χ1n) is 10.2. The Kier molecular flexibility index (Phi) is 5.99. The van der Waals surface area contributed by atoms with Gasteiger partial charge in [0.25, 0.3) is 5.91 Å². The van der Waals surface area contributed by atoms with Crippen LogP contribution in [-0.2, 0) is 13.0 Å². The summed E-state index contributed by atoms with van der Waals surface area (Å²) in [6, 6.07) is 9.93. The molecule has 2 heterocycles. The molecule has 1 amide bonds. The summed E-state index contributed by atoms with van der Waals surface area (Å²) in [4.78, 5) is 17.4. The van der Waals surface area contributed by atoms with Crippen molar-refractivity contribution in [1.29, 1.82) is 0 Å². The molecule has 4 rings (SSSR count). The minimum atomic E-state index is -0.0536. The summed E-state index contributed by atoms with van der Waals surface area (Å²) in [6.45, 7) is 4.66. The SMILES string of the molecule is COc1ccc(C(=O)N2CCN(Cc3ccc4c(c3)CCO4)CC2)c(OC)c1OC. The van der Waals surface area contributed by atoms with E-state index in [-0.39, 0.29) is 5.91 Å². The zero-order chi connectivity index (χ0) is 21.1. The summed E-state index contributed by atoms with van der Waals surface area (Å²) in [5.41, 5.74) is 3.07. The van der Waals surface area contributed by atoms with Crippen LogP contribution in [0.2, 0.25) is 0 Å². The quantitative estimate of drug-likeness (QED) is 0.727. The van der Waals surface area contributed by atoms with Gasteiger partial charge in [0.2, 0.25) is 5.75 Å². The molecule has 2 aromatic rings. The van der Waals surface area contributed by atoms with Crippen molar-refractivity contribution in [3.8, 4) is 23.0 Å². The van der Waals surface area contributed by atoms with Crippen molar-refractivity contribution in [3.63, 3.8) is 0 Å². The molecule has 1 fully saturated rings. The lowest BCUT2D eigenvalue weighted by Gasteiger charge is -2.35. The number of rotatable bonds is 6. The van der Waals surface area contributed by atoms with E-state index in [1.165, 1.54) is 18.2 Å². The molecule has 7 nitrogen and oxygen atoms in total. The lowest BCUT2D eigenvalue weighted by molar-refractivity contribution is 0.0624. The minimum absolute atomic E-state index is 0.0536. The van der Waals surface area contributed by atoms with E-state index in [0.29, 0.717) is 35.9 Å². The molecule has 30 heavy (non-hydrogen) atoms. The Morgan fingerprint density at radius 1 is 0.967 bits per heavy atom. The van der Waals surface area contributed by atoms with Crippen LogP contribution in [0.4, 0.5) is 0 Å². The number of carbonyl (C=O) groups excluding carboxylic acids is 1. The highest BCUT2D eigenvalue weighted by Crippen LogP contribution is 2.40. The van der Waals surface area contributed by atoms with Crippen molar-refractivity contribution in [2.45, 2.75) is 13.0 Å². The number of methoxy groups -OCH3 is 3. The minimum Gasteiger partial charge on any atom is -0.493 e. The molecular formula is C23H28N2O5. The second-order valence-corrected chi connectivity index (χ2v) is 7.49. The predicted molar refractivity (Wildman–Crippen MR) is 113 cm³/mol. The Morgan fingerprint density at radius 2 is 1.73 bits per heavy atom. The summed E-state index contributed by atoms with van der Waals surface area (Å²) < 4.78 is 21.8. The van der Waals surface area contributed by atoms with E-state index in [1.54, 1.807) is 26.4 Å². The van der Waals surface area contributed by atoms with Gasteiger partial charge in [-0.1, -0.05) is 12.1 Å². The van der Waals surface area contributed by atoms with E-state index in [2.05, 4.69) is 23.1 Å². The van der Waals surface area contributed by atoms with Crippen molar-refractivity contribution < 1.29 is 23.7 Å². The number of ether oxygens (including phenoxy) is 4. The van der Waals surface area contributed by atoms with Crippen LogP contribution in [0.25, 0.3) is 0 Å². The molecular weight excluding hydrogens is 384 g/mol. The number of hydrogen-bond donors (Lipinski definition) is 0. The summed E-state index contributed by atoms with van der Waals surface area (Å²) in [5.74, 6) is 2.34. The smallest absolute Gasteiger partial charge is 0.257 e. The van der Waals surface area contributed by atoms with Crippen LogP contribution in [0.3, 0.4) is 0 Å². The molecule has 0 spiro atoms. The maximum absolute atomic E-state index is 13.2. The average molecular weight is 412 g/mol. The van der Waals surface area contributed by atoms with E-state index < -0.39 is 0 Å². The molecule has 7 heteroatoms. The van der Waals surface area contributed by atoms with E-state index >= 15 is 0 Å². The Balaban J connectivity index is 1.41. The molecule has 0 atom stereocenters. The first-order chi connectivity index (χ1) is 14.6. The zero-order valence-corrected chi connectivity index (χ0v) is 17.8. The highest BCUT2D eigenvalue weighted by Gasteiger charge is 2.27. The molecule has 2 aromatic carbocycles. The predicted octanol–water partition coefficient (Wildman–Crippen LogP) is 2.61. The summed E-state index contributed by atoms with van der Waals surface area (Å²) in [6.07, 6.45) is 0.985. The Labute approximate surface area is 177 Å². The average Bonchev–Trinajstić information content (AvgIpc) is 3.26.